The van der Waals surface area contributed by atoms with Crippen LogP contribution in [-0.2, 0) is 0 Å². The number of nitrogens with zero attached hydrogens (tertiary/aromatic N) is 14. The van der Waals surface area contributed by atoms with Crippen molar-refractivity contribution in [2.45, 2.75) is 0 Å². The van der Waals surface area contributed by atoms with E-state index in [1.54, 1.807) is 46.9 Å². The fraction of sp³-hybridized carbons (Fsp3) is 0. The van der Waals surface area contributed by atoms with Gasteiger partial charge in [-0.15, -0.1) is 15.3 Å². The Morgan fingerprint density at radius 2 is 1.38 bits per heavy atom. The zero-order valence-electron chi connectivity index (χ0n) is 21.8. The van der Waals surface area contributed by atoms with Crippen LogP contribution in [0, 0.1) is 0 Å². The van der Waals surface area contributed by atoms with Crippen molar-refractivity contribution in [3.63, 3.8) is 0 Å². The van der Waals surface area contributed by atoms with Gasteiger partial charge in [-0.05, 0) is 41.6 Å². The van der Waals surface area contributed by atoms with Gasteiger partial charge in [0.05, 0.1) is 24.3 Å². The highest BCUT2D eigenvalue weighted by molar-refractivity contribution is 5.80. The molecule has 0 aliphatic heterocycles. The fourth-order valence-electron chi connectivity index (χ4n) is 3.84. The quantitative estimate of drug-likeness (QED) is 0.185. The van der Waals surface area contributed by atoms with E-state index in [0.717, 1.165) is 5.69 Å². The summed E-state index contributed by atoms with van der Waals surface area (Å²) >= 11 is 0. The third-order valence-electron chi connectivity index (χ3n) is 5.63. The van der Waals surface area contributed by atoms with Crippen molar-refractivity contribution >= 4 is 40.6 Å². The van der Waals surface area contributed by atoms with E-state index in [-0.39, 0.29) is 17.6 Å². The molecule has 42 heavy (non-hydrogen) atoms. The van der Waals surface area contributed by atoms with Crippen LogP contribution in [0.1, 0.15) is 0 Å². The Bertz CT molecular complexity index is 1680. The minimum Gasteiger partial charge on any atom is -0.278 e. The van der Waals surface area contributed by atoms with Gasteiger partial charge in [-0.3, -0.25) is 10.4 Å². The Balaban J connectivity index is 1.57. The minimum absolute atomic E-state index is 0.217. The summed E-state index contributed by atoms with van der Waals surface area (Å²) in [5, 5.41) is 26.5. The van der Waals surface area contributed by atoms with E-state index in [4.69, 9.17) is 5.84 Å². The summed E-state index contributed by atoms with van der Waals surface area (Å²) in [6.07, 6.45) is 12.5. The number of hydrogen-bond acceptors (Lipinski definition) is 16. The molecule has 0 aliphatic rings. The lowest BCUT2D eigenvalue weighted by atomic mass is 10.3. The lowest BCUT2D eigenvalue weighted by Crippen LogP contribution is -2.49. The average molecular weight is 559 g/mol. The monoisotopic (exact) mass is 558 g/mol. The van der Waals surface area contributed by atoms with Crippen LogP contribution in [0.2, 0.25) is 0 Å². The maximum Gasteiger partial charge on any atom is 0.251 e. The Morgan fingerprint density at radius 3 is 2.12 bits per heavy atom. The molecule has 0 aliphatic carbocycles. The summed E-state index contributed by atoms with van der Waals surface area (Å²) in [6.45, 7) is 0. The van der Waals surface area contributed by atoms with Crippen molar-refractivity contribution in [3.05, 3.63) is 116 Å². The molecule has 6 aromatic rings. The van der Waals surface area contributed by atoms with Crippen LogP contribution in [0.5, 0.6) is 0 Å². The number of benzene rings is 1. The lowest BCUT2D eigenvalue weighted by Gasteiger charge is -2.38. The van der Waals surface area contributed by atoms with E-state index in [1.165, 1.54) is 41.1 Å². The van der Waals surface area contributed by atoms with Crippen LogP contribution in [0.25, 0.3) is 0 Å². The molecule has 1 aromatic carbocycles. The minimum atomic E-state index is 0.217. The molecular formula is C26H22N16. The van der Waals surface area contributed by atoms with Gasteiger partial charge < -0.3 is 0 Å². The van der Waals surface area contributed by atoms with E-state index < -0.39 is 0 Å². The summed E-state index contributed by atoms with van der Waals surface area (Å²) < 4.78 is 0. The molecule has 0 saturated heterocycles. The number of hydrogen-bond donors (Lipinski definition) is 2. The summed E-state index contributed by atoms with van der Waals surface area (Å²) in [4.78, 5) is 22.2. The fourth-order valence-corrected chi connectivity index (χ4v) is 3.84. The molecule has 5 heterocycles. The molecule has 0 saturated carbocycles. The first-order chi connectivity index (χ1) is 20.8. The molecule has 0 spiro atoms. The van der Waals surface area contributed by atoms with Crippen molar-refractivity contribution in [2.75, 3.05) is 25.7 Å². The van der Waals surface area contributed by atoms with Gasteiger partial charge in [0, 0.05) is 37.1 Å². The highest BCUT2D eigenvalue weighted by Gasteiger charge is 2.31. The van der Waals surface area contributed by atoms with E-state index in [1.807, 2.05) is 48.5 Å². The molecule has 0 unspecified atom stereocenters. The highest BCUT2D eigenvalue weighted by atomic mass is 15.8. The molecule has 16 nitrogen and oxygen atoms in total. The van der Waals surface area contributed by atoms with Crippen LogP contribution in [0.3, 0.4) is 0 Å². The molecule has 0 bridgehead atoms. The van der Waals surface area contributed by atoms with Crippen LogP contribution < -0.4 is 31.5 Å². The second-order valence-electron chi connectivity index (χ2n) is 8.28. The molecular weight excluding hydrogens is 536 g/mol. The molecule has 0 amide bonds. The number of pyridine rings is 1. The third kappa shape index (κ3) is 5.49. The maximum atomic E-state index is 6.63. The zero-order valence-corrected chi connectivity index (χ0v) is 21.8. The first kappa shape index (κ1) is 25.8. The highest BCUT2D eigenvalue weighted by Crippen LogP contribution is 2.37. The molecule has 0 atom stereocenters. The van der Waals surface area contributed by atoms with Crippen molar-refractivity contribution in [3.8, 4) is 0 Å². The molecule has 3 N–H and O–H groups in total. The number of nitrogens with two attached hydrogens (primary N) is 1. The largest absolute Gasteiger partial charge is 0.278 e. The number of hydrazine groups is 4. The second-order valence-corrected chi connectivity index (χ2v) is 8.28. The predicted octanol–water partition coefficient (Wildman–Crippen LogP) is 2.66. The molecule has 6 rings (SSSR count). The number of para-hydroxylation sites is 1. The summed E-state index contributed by atoms with van der Waals surface area (Å²) in [7, 11) is 0. The van der Waals surface area contributed by atoms with E-state index >= 15 is 0 Å². The molecule has 0 fully saturated rings. The number of nitrogens with one attached hydrogen (secondary N) is 1. The molecule has 16 heteroatoms. The van der Waals surface area contributed by atoms with Gasteiger partial charge in [-0.2, -0.15) is 25.4 Å². The Labute approximate surface area is 239 Å². The topological polar surface area (TPSA) is 180 Å². The van der Waals surface area contributed by atoms with Gasteiger partial charge in [0.15, 0.2) is 17.5 Å². The Hall–Kier alpha value is -6.42. The van der Waals surface area contributed by atoms with Crippen molar-refractivity contribution in [1.82, 2.24) is 50.5 Å². The second kappa shape index (κ2) is 12.2. The van der Waals surface area contributed by atoms with Crippen LogP contribution >= 0.6 is 0 Å². The van der Waals surface area contributed by atoms with Crippen LogP contribution in [-0.4, -0.2) is 50.5 Å². The van der Waals surface area contributed by atoms with Crippen molar-refractivity contribution < 1.29 is 0 Å². The number of anilines is 7. The van der Waals surface area contributed by atoms with Crippen LogP contribution in [0.15, 0.2) is 116 Å². The standard InChI is InChI=1S/C26H22N16/c27-41(24-19-28-17-18-30-24)40(23-11-16-34-38-35-23)25-21(10-15-33-36-25)39(26-31-13-6-14-32-26)42(22-9-4-5-12-29-22)37-20-7-2-1-3-8-20/h1-19,37H,27H2. The zero-order chi connectivity index (χ0) is 28.6. The lowest BCUT2D eigenvalue weighted by molar-refractivity contribution is 0.761. The SMILES string of the molecule is NN(c1cnccn1)N(c1ccnnn1)c1nnccc1N(c1ncccn1)N(Nc1ccccc1)c1ccccn1. The predicted molar refractivity (Wildman–Crippen MR) is 154 cm³/mol. The molecule has 5 aromatic heterocycles. The van der Waals surface area contributed by atoms with Crippen molar-refractivity contribution in [2.24, 2.45) is 5.84 Å². The maximum absolute atomic E-state index is 6.63. The third-order valence-corrected chi connectivity index (χ3v) is 5.63. The van der Waals surface area contributed by atoms with E-state index in [2.05, 4.69) is 56.0 Å². The molecule has 206 valence electrons. The average Bonchev–Trinajstić information content (AvgIpc) is 3.07. The van der Waals surface area contributed by atoms with Crippen LogP contribution in [0.4, 0.5) is 40.6 Å². The molecule has 0 radical (unpaired) electrons. The van der Waals surface area contributed by atoms with E-state index in [9.17, 15) is 0 Å². The summed E-state index contributed by atoms with van der Waals surface area (Å²) in [6, 6.07) is 20.2. The summed E-state index contributed by atoms with van der Waals surface area (Å²) in [5.74, 6) is 8.21. The van der Waals surface area contributed by atoms with Gasteiger partial charge in [-0.1, -0.05) is 24.3 Å². The summed E-state index contributed by atoms with van der Waals surface area (Å²) in [5.41, 5.74) is 4.61. The number of rotatable bonds is 10. The van der Waals surface area contributed by atoms with Gasteiger partial charge in [0.1, 0.15) is 5.69 Å². The van der Waals surface area contributed by atoms with Crippen molar-refractivity contribution in [1.29, 1.82) is 0 Å². The van der Waals surface area contributed by atoms with E-state index in [0.29, 0.717) is 17.3 Å². The van der Waals surface area contributed by atoms with Gasteiger partial charge >= 0.3 is 0 Å². The smallest absolute Gasteiger partial charge is 0.251 e. The number of aromatic nitrogens is 10. The van der Waals surface area contributed by atoms with Gasteiger partial charge in [0.2, 0.25) is 5.82 Å². The Kier molecular flexibility index (Phi) is 7.49. The first-order valence-electron chi connectivity index (χ1n) is 12.5. The first-order valence-corrected chi connectivity index (χ1v) is 12.5. The Morgan fingerprint density at radius 1 is 0.595 bits per heavy atom. The van der Waals surface area contributed by atoms with Gasteiger partial charge in [0.25, 0.3) is 5.95 Å². The normalized spacial score (nSPS) is 10.5. The van der Waals surface area contributed by atoms with Gasteiger partial charge in [-0.25, -0.2) is 25.8 Å².